The number of unbranched alkanes of at least 4 members (excludes halogenated alkanes) is 5. The zero-order valence-electron chi connectivity index (χ0n) is 15.6. The highest BCUT2D eigenvalue weighted by atomic mass is 16.7. The summed E-state index contributed by atoms with van der Waals surface area (Å²) in [5, 5.41) is 0. The average Bonchev–Trinajstić information content (AvgIpc) is 2.55. The SMILES string of the molecule is C/C=C/OC(CCCCCCCC)Oc1ccc(C(C)=O)c(C)c1. The first-order valence-electron chi connectivity index (χ1n) is 9.13. The van der Waals surface area contributed by atoms with Crippen molar-refractivity contribution in [3.63, 3.8) is 0 Å². The number of benzene rings is 1. The molecule has 0 N–H and O–H groups in total. The van der Waals surface area contributed by atoms with Crippen molar-refractivity contribution < 1.29 is 14.3 Å². The molecule has 0 fully saturated rings. The minimum atomic E-state index is -0.282. The van der Waals surface area contributed by atoms with Crippen LogP contribution in [0, 0.1) is 6.92 Å². The van der Waals surface area contributed by atoms with Crippen LogP contribution in [0.5, 0.6) is 5.75 Å². The van der Waals surface area contributed by atoms with E-state index >= 15 is 0 Å². The number of hydrogen-bond acceptors (Lipinski definition) is 3. The Hall–Kier alpha value is -1.77. The lowest BCUT2D eigenvalue weighted by atomic mass is 10.1. The monoisotopic (exact) mass is 332 g/mol. The first kappa shape index (κ1) is 20.3. The fourth-order valence-corrected chi connectivity index (χ4v) is 2.67. The van der Waals surface area contributed by atoms with E-state index < -0.39 is 0 Å². The highest BCUT2D eigenvalue weighted by Gasteiger charge is 2.12. The van der Waals surface area contributed by atoms with E-state index in [0.717, 1.165) is 29.7 Å². The third kappa shape index (κ3) is 7.67. The Balaban J connectivity index is 2.55. The van der Waals surface area contributed by atoms with Crippen molar-refractivity contribution in [3.05, 3.63) is 41.7 Å². The van der Waals surface area contributed by atoms with Crippen LogP contribution in [0.15, 0.2) is 30.5 Å². The molecule has 0 aliphatic rings. The van der Waals surface area contributed by atoms with Gasteiger partial charge in [0.2, 0.25) is 6.29 Å². The van der Waals surface area contributed by atoms with Gasteiger partial charge in [-0.15, -0.1) is 0 Å². The maximum absolute atomic E-state index is 11.5. The van der Waals surface area contributed by atoms with E-state index in [0.29, 0.717) is 0 Å². The van der Waals surface area contributed by atoms with Crippen molar-refractivity contribution in [2.75, 3.05) is 0 Å². The second-order valence-corrected chi connectivity index (χ2v) is 6.24. The molecule has 0 saturated carbocycles. The molecule has 1 atom stereocenters. The van der Waals surface area contributed by atoms with Crippen LogP contribution in [0.25, 0.3) is 0 Å². The molecule has 1 aromatic rings. The van der Waals surface area contributed by atoms with Crippen LogP contribution in [0.4, 0.5) is 0 Å². The lowest BCUT2D eigenvalue weighted by Crippen LogP contribution is -2.18. The molecule has 0 spiro atoms. The molecule has 1 unspecified atom stereocenters. The topological polar surface area (TPSA) is 35.5 Å². The standard InChI is InChI=1S/C21H32O3/c1-5-7-8-9-10-11-12-21(23-15-6-2)24-19-13-14-20(18(4)22)17(3)16-19/h6,13-16,21H,5,7-12H2,1-4H3/b15-6+. The molecule has 1 rings (SSSR count). The zero-order chi connectivity index (χ0) is 17.8. The Kier molecular flexibility index (Phi) is 9.90. The summed E-state index contributed by atoms with van der Waals surface area (Å²) in [5.74, 6) is 0.825. The summed E-state index contributed by atoms with van der Waals surface area (Å²) >= 11 is 0. The molecule has 1 aromatic carbocycles. The van der Waals surface area contributed by atoms with E-state index in [2.05, 4.69) is 6.92 Å². The molecule has 0 bridgehead atoms. The van der Waals surface area contributed by atoms with Crippen molar-refractivity contribution >= 4 is 5.78 Å². The number of allylic oxidation sites excluding steroid dienone is 1. The normalized spacial score (nSPS) is 12.3. The van der Waals surface area contributed by atoms with Crippen LogP contribution in [0.3, 0.4) is 0 Å². The molecule has 0 radical (unpaired) electrons. The van der Waals surface area contributed by atoms with Gasteiger partial charge < -0.3 is 9.47 Å². The van der Waals surface area contributed by atoms with Crippen molar-refractivity contribution in [3.8, 4) is 5.75 Å². The molecule has 0 heterocycles. The fraction of sp³-hybridized carbons (Fsp3) is 0.571. The predicted octanol–water partition coefficient (Wildman–Crippen LogP) is 6.20. The first-order valence-corrected chi connectivity index (χ1v) is 9.13. The summed E-state index contributed by atoms with van der Waals surface area (Å²) in [7, 11) is 0. The number of hydrogen-bond donors (Lipinski definition) is 0. The molecule has 24 heavy (non-hydrogen) atoms. The molecular weight excluding hydrogens is 300 g/mol. The van der Waals surface area contributed by atoms with E-state index in [1.165, 1.54) is 32.1 Å². The van der Waals surface area contributed by atoms with Gasteiger partial charge in [0, 0.05) is 12.0 Å². The number of rotatable bonds is 12. The van der Waals surface area contributed by atoms with Crippen molar-refractivity contribution in [2.45, 2.75) is 78.9 Å². The Morgan fingerprint density at radius 2 is 1.88 bits per heavy atom. The van der Waals surface area contributed by atoms with Gasteiger partial charge in [-0.25, -0.2) is 0 Å². The highest BCUT2D eigenvalue weighted by molar-refractivity contribution is 5.95. The second kappa shape index (κ2) is 11.7. The van der Waals surface area contributed by atoms with Gasteiger partial charge in [-0.3, -0.25) is 4.79 Å². The van der Waals surface area contributed by atoms with Crippen LogP contribution in [-0.2, 0) is 4.74 Å². The minimum Gasteiger partial charge on any atom is -0.463 e. The minimum absolute atomic E-state index is 0.0767. The summed E-state index contributed by atoms with van der Waals surface area (Å²) in [6.07, 6.45) is 11.6. The lowest BCUT2D eigenvalue weighted by Gasteiger charge is -2.19. The summed E-state index contributed by atoms with van der Waals surface area (Å²) in [6, 6.07) is 5.57. The van der Waals surface area contributed by atoms with Gasteiger partial charge in [0.05, 0.1) is 6.26 Å². The highest BCUT2D eigenvalue weighted by Crippen LogP contribution is 2.21. The van der Waals surface area contributed by atoms with Gasteiger partial charge in [0.15, 0.2) is 5.78 Å². The molecule has 0 amide bonds. The quantitative estimate of drug-likeness (QED) is 0.198. The first-order chi connectivity index (χ1) is 11.6. The molecule has 3 heteroatoms. The lowest BCUT2D eigenvalue weighted by molar-refractivity contribution is -0.0365. The largest absolute Gasteiger partial charge is 0.463 e. The number of Topliss-reactive ketones (excluding diaryl/α,β-unsaturated/α-hetero) is 1. The number of carbonyl (C=O) groups excluding carboxylic acids is 1. The van der Waals surface area contributed by atoms with Gasteiger partial charge >= 0.3 is 0 Å². The Morgan fingerprint density at radius 1 is 1.17 bits per heavy atom. The summed E-state index contributed by atoms with van der Waals surface area (Å²) < 4.78 is 11.6. The molecule has 0 aliphatic heterocycles. The number of carbonyl (C=O) groups is 1. The van der Waals surface area contributed by atoms with Crippen LogP contribution in [0.1, 0.15) is 81.6 Å². The van der Waals surface area contributed by atoms with E-state index in [9.17, 15) is 4.79 Å². The van der Waals surface area contributed by atoms with Crippen LogP contribution in [-0.4, -0.2) is 12.1 Å². The summed E-state index contributed by atoms with van der Waals surface area (Å²) in [5.41, 5.74) is 1.67. The molecule has 0 saturated heterocycles. The zero-order valence-corrected chi connectivity index (χ0v) is 15.6. The van der Waals surface area contributed by atoms with E-state index in [1.54, 1.807) is 13.2 Å². The molecule has 134 valence electrons. The van der Waals surface area contributed by atoms with Crippen molar-refractivity contribution in [1.82, 2.24) is 0 Å². The van der Waals surface area contributed by atoms with E-state index in [1.807, 2.05) is 38.1 Å². The third-order valence-electron chi connectivity index (χ3n) is 4.00. The van der Waals surface area contributed by atoms with Gasteiger partial charge in [0.1, 0.15) is 5.75 Å². The third-order valence-corrected chi connectivity index (χ3v) is 4.00. The van der Waals surface area contributed by atoms with Crippen molar-refractivity contribution in [2.24, 2.45) is 0 Å². The molecule has 0 aromatic heterocycles. The van der Waals surface area contributed by atoms with Gasteiger partial charge in [-0.2, -0.15) is 0 Å². The van der Waals surface area contributed by atoms with Crippen LogP contribution < -0.4 is 4.74 Å². The molecule has 3 nitrogen and oxygen atoms in total. The fourth-order valence-electron chi connectivity index (χ4n) is 2.67. The Bertz CT molecular complexity index is 520. The van der Waals surface area contributed by atoms with Crippen LogP contribution >= 0.6 is 0 Å². The average molecular weight is 332 g/mol. The molecular formula is C21H32O3. The summed E-state index contributed by atoms with van der Waals surface area (Å²) in [4.78, 5) is 11.5. The number of aryl methyl sites for hydroxylation is 1. The maximum atomic E-state index is 11.5. The number of ether oxygens (including phenoxy) is 2. The van der Waals surface area contributed by atoms with Crippen molar-refractivity contribution in [1.29, 1.82) is 0 Å². The summed E-state index contributed by atoms with van der Waals surface area (Å²) in [6.45, 7) is 7.67. The Morgan fingerprint density at radius 3 is 2.50 bits per heavy atom. The van der Waals surface area contributed by atoms with E-state index in [4.69, 9.17) is 9.47 Å². The van der Waals surface area contributed by atoms with Crippen LogP contribution in [0.2, 0.25) is 0 Å². The maximum Gasteiger partial charge on any atom is 0.240 e. The smallest absolute Gasteiger partial charge is 0.240 e. The van der Waals surface area contributed by atoms with Gasteiger partial charge in [-0.05, 0) is 51.0 Å². The van der Waals surface area contributed by atoms with E-state index in [-0.39, 0.29) is 12.1 Å². The second-order valence-electron chi connectivity index (χ2n) is 6.24. The Labute approximate surface area is 147 Å². The van der Waals surface area contributed by atoms with Gasteiger partial charge in [-0.1, -0.05) is 45.1 Å². The molecule has 0 aliphatic carbocycles. The number of ketones is 1. The van der Waals surface area contributed by atoms with Gasteiger partial charge in [0.25, 0.3) is 0 Å². The predicted molar refractivity (Wildman–Crippen MR) is 99.5 cm³/mol.